The Morgan fingerprint density at radius 1 is 1.08 bits per heavy atom. The van der Waals surface area contributed by atoms with Gasteiger partial charge in [-0.15, -0.1) is 0 Å². The smallest absolute Gasteiger partial charge is 0.387 e. The van der Waals surface area contributed by atoms with Gasteiger partial charge in [0.15, 0.2) is 0 Å². The Morgan fingerprint density at radius 3 is 2.51 bits per heavy atom. The van der Waals surface area contributed by atoms with Crippen molar-refractivity contribution in [1.29, 1.82) is 0 Å². The summed E-state index contributed by atoms with van der Waals surface area (Å²) in [6.07, 6.45) is 0.508. The molecular formula is C29H31F2NO6S. The van der Waals surface area contributed by atoms with Crippen molar-refractivity contribution < 1.29 is 36.2 Å². The molecule has 0 saturated heterocycles. The van der Waals surface area contributed by atoms with Crippen LogP contribution in [-0.4, -0.2) is 27.6 Å². The van der Waals surface area contributed by atoms with E-state index in [4.69, 9.17) is 19.3 Å². The van der Waals surface area contributed by atoms with Crippen LogP contribution in [0.5, 0.6) is 11.5 Å². The maximum absolute atomic E-state index is 13.2. The van der Waals surface area contributed by atoms with Crippen LogP contribution in [0.25, 0.3) is 11.1 Å². The van der Waals surface area contributed by atoms with E-state index in [2.05, 4.69) is 0 Å². The van der Waals surface area contributed by atoms with Gasteiger partial charge in [-0.1, -0.05) is 48.5 Å². The van der Waals surface area contributed by atoms with Crippen LogP contribution < -0.4 is 14.6 Å². The molecule has 7 nitrogen and oxygen atoms in total. The topological polar surface area (TPSA) is 105 Å². The molecule has 10 heteroatoms. The van der Waals surface area contributed by atoms with E-state index >= 15 is 0 Å². The van der Waals surface area contributed by atoms with Gasteiger partial charge in [-0.25, -0.2) is 13.6 Å². The van der Waals surface area contributed by atoms with Gasteiger partial charge in [-0.2, -0.15) is 8.78 Å². The molecule has 0 aliphatic carbocycles. The van der Waals surface area contributed by atoms with Gasteiger partial charge in [0.25, 0.3) is 0 Å². The van der Waals surface area contributed by atoms with E-state index in [0.29, 0.717) is 47.5 Å². The molecule has 3 aromatic carbocycles. The number of esters is 1. The van der Waals surface area contributed by atoms with Crippen LogP contribution in [-0.2, 0) is 31.7 Å². The predicted molar refractivity (Wildman–Crippen MR) is 143 cm³/mol. The van der Waals surface area contributed by atoms with Gasteiger partial charge in [0.05, 0.1) is 23.3 Å². The molecule has 1 aliphatic heterocycles. The second-order valence-corrected chi connectivity index (χ2v) is 11.7. The van der Waals surface area contributed by atoms with Gasteiger partial charge in [0.1, 0.15) is 17.6 Å². The van der Waals surface area contributed by atoms with Crippen molar-refractivity contribution in [2.75, 3.05) is 6.61 Å². The fraction of sp³-hybridized carbons (Fsp3) is 0.345. The number of aryl methyl sites for hydroxylation is 1. The van der Waals surface area contributed by atoms with Crippen molar-refractivity contribution in [2.45, 2.75) is 52.1 Å². The average molecular weight is 560 g/mol. The number of halogens is 2. The zero-order valence-electron chi connectivity index (χ0n) is 21.9. The third kappa shape index (κ3) is 6.75. The Labute approximate surface area is 226 Å². The van der Waals surface area contributed by atoms with Crippen LogP contribution in [0, 0.1) is 5.41 Å². The minimum Gasteiger partial charge on any atom is -0.480 e. The molecule has 4 rings (SSSR count). The molecule has 1 aliphatic rings. The molecule has 0 saturated carbocycles. The molecule has 0 bridgehead atoms. The van der Waals surface area contributed by atoms with E-state index in [1.807, 2.05) is 38.1 Å². The van der Waals surface area contributed by atoms with Crippen LogP contribution in [0.1, 0.15) is 55.5 Å². The predicted octanol–water partition coefficient (Wildman–Crippen LogP) is 5.75. The number of rotatable bonds is 10. The normalized spacial score (nSPS) is 14.8. The molecule has 39 heavy (non-hydrogen) atoms. The summed E-state index contributed by atoms with van der Waals surface area (Å²) in [5.41, 5.74) is 3.06. The SMILES string of the molecule is CCOC(=O)C(C)(C)CCc1cccc(C2Oc3cccc(OC(F)F)c3-c3ccc(CS(N)(=O)=O)cc32)c1. The highest BCUT2D eigenvalue weighted by Gasteiger charge is 2.32. The van der Waals surface area contributed by atoms with Crippen LogP contribution in [0.3, 0.4) is 0 Å². The summed E-state index contributed by atoms with van der Waals surface area (Å²) in [7, 11) is -3.81. The highest BCUT2D eigenvalue weighted by molar-refractivity contribution is 7.88. The number of ether oxygens (including phenoxy) is 3. The Bertz CT molecular complexity index is 1470. The number of carbonyl (C=O) groups excluding carboxylic acids is 1. The van der Waals surface area contributed by atoms with Crippen molar-refractivity contribution in [2.24, 2.45) is 10.6 Å². The number of benzene rings is 3. The van der Waals surface area contributed by atoms with E-state index < -0.39 is 33.9 Å². The number of alkyl halides is 2. The molecule has 3 aromatic rings. The largest absolute Gasteiger partial charge is 0.480 e. The summed E-state index contributed by atoms with van der Waals surface area (Å²) in [5.74, 6) is -0.334. The number of primary sulfonamides is 1. The lowest BCUT2D eigenvalue weighted by Crippen LogP contribution is -2.27. The van der Waals surface area contributed by atoms with Crippen LogP contribution in [0.15, 0.2) is 60.7 Å². The van der Waals surface area contributed by atoms with Gasteiger partial charge in [-0.3, -0.25) is 4.79 Å². The van der Waals surface area contributed by atoms with Crippen molar-refractivity contribution >= 4 is 16.0 Å². The first-order valence-corrected chi connectivity index (χ1v) is 14.2. The van der Waals surface area contributed by atoms with E-state index in [0.717, 1.165) is 11.1 Å². The number of fused-ring (bicyclic) bond motifs is 3. The van der Waals surface area contributed by atoms with Gasteiger partial charge in [-0.05, 0) is 68.0 Å². The Hall–Kier alpha value is -3.50. The van der Waals surface area contributed by atoms with Crippen LogP contribution in [0.4, 0.5) is 8.78 Å². The minimum atomic E-state index is -3.81. The van der Waals surface area contributed by atoms with Crippen molar-refractivity contribution in [3.8, 4) is 22.6 Å². The summed E-state index contributed by atoms with van der Waals surface area (Å²) >= 11 is 0. The summed E-state index contributed by atoms with van der Waals surface area (Å²) in [4.78, 5) is 12.3. The maximum Gasteiger partial charge on any atom is 0.387 e. The monoisotopic (exact) mass is 559 g/mol. The molecule has 0 spiro atoms. The zero-order valence-corrected chi connectivity index (χ0v) is 22.8. The molecule has 0 fully saturated rings. The summed E-state index contributed by atoms with van der Waals surface area (Å²) in [6.45, 7) is 2.75. The quantitative estimate of drug-likeness (QED) is 0.317. The number of carbonyl (C=O) groups is 1. The van der Waals surface area contributed by atoms with Crippen molar-refractivity contribution in [3.05, 3.63) is 82.9 Å². The highest BCUT2D eigenvalue weighted by atomic mass is 32.2. The summed E-state index contributed by atoms with van der Waals surface area (Å²) in [6, 6.07) is 17.3. The van der Waals surface area contributed by atoms with Gasteiger partial charge >= 0.3 is 12.6 Å². The number of nitrogens with two attached hydrogens (primary N) is 1. The third-order valence-electron chi connectivity index (χ3n) is 6.60. The molecule has 0 aromatic heterocycles. The lowest BCUT2D eigenvalue weighted by atomic mass is 9.85. The van der Waals surface area contributed by atoms with E-state index in [9.17, 15) is 22.0 Å². The lowest BCUT2D eigenvalue weighted by Gasteiger charge is -2.31. The minimum absolute atomic E-state index is 0.0451. The van der Waals surface area contributed by atoms with E-state index in [1.165, 1.54) is 6.07 Å². The zero-order chi connectivity index (χ0) is 28.4. The van der Waals surface area contributed by atoms with Gasteiger partial charge < -0.3 is 14.2 Å². The molecular weight excluding hydrogens is 528 g/mol. The van der Waals surface area contributed by atoms with E-state index in [1.54, 1.807) is 37.3 Å². The Kier molecular flexibility index (Phi) is 8.27. The molecule has 1 unspecified atom stereocenters. The van der Waals surface area contributed by atoms with Gasteiger partial charge in [0, 0.05) is 5.56 Å². The van der Waals surface area contributed by atoms with Crippen molar-refractivity contribution in [1.82, 2.24) is 0 Å². The van der Waals surface area contributed by atoms with E-state index in [-0.39, 0.29) is 11.7 Å². The summed E-state index contributed by atoms with van der Waals surface area (Å²) < 4.78 is 66.3. The number of hydrogen-bond acceptors (Lipinski definition) is 6. The average Bonchev–Trinajstić information content (AvgIpc) is 2.86. The second kappa shape index (κ2) is 11.3. The van der Waals surface area contributed by atoms with Crippen LogP contribution in [0.2, 0.25) is 0 Å². The Balaban J connectivity index is 1.74. The second-order valence-electron chi connectivity index (χ2n) is 10.1. The number of sulfonamides is 1. The first-order chi connectivity index (χ1) is 18.4. The lowest BCUT2D eigenvalue weighted by molar-refractivity contribution is -0.153. The fourth-order valence-corrected chi connectivity index (χ4v) is 5.33. The fourth-order valence-electron chi connectivity index (χ4n) is 4.68. The first kappa shape index (κ1) is 28.5. The molecule has 208 valence electrons. The van der Waals surface area contributed by atoms with Crippen LogP contribution >= 0.6 is 0 Å². The standard InChI is InChI=1S/C29H31F2NO6S/c1-4-36-27(33)29(2,3)14-13-18-7-5-8-20(15-18)26-22-16-19(17-39(32,34)35)11-12-21(22)25-23(37-26)9-6-10-24(25)38-28(30)31/h5-12,15-16,26,28H,4,13-14,17H2,1-3H3,(H2,32,34,35). The first-order valence-electron chi connectivity index (χ1n) is 12.5. The maximum atomic E-state index is 13.2. The summed E-state index contributed by atoms with van der Waals surface area (Å²) in [5, 5.41) is 5.28. The molecule has 0 radical (unpaired) electrons. The highest BCUT2D eigenvalue weighted by Crippen LogP contribution is 2.49. The number of hydrogen-bond donors (Lipinski definition) is 1. The third-order valence-corrected chi connectivity index (χ3v) is 7.34. The molecule has 1 heterocycles. The molecule has 2 N–H and O–H groups in total. The Morgan fingerprint density at radius 2 is 1.82 bits per heavy atom. The molecule has 0 amide bonds. The van der Waals surface area contributed by atoms with Gasteiger partial charge in [0.2, 0.25) is 10.0 Å². The molecule has 1 atom stereocenters. The van der Waals surface area contributed by atoms with Crippen molar-refractivity contribution in [3.63, 3.8) is 0 Å².